The Labute approximate surface area is 144 Å². The van der Waals surface area contributed by atoms with Gasteiger partial charge in [0, 0.05) is 14.3 Å². The van der Waals surface area contributed by atoms with Gasteiger partial charge in [-0.2, -0.15) is 0 Å². The van der Waals surface area contributed by atoms with E-state index in [4.69, 9.17) is 0 Å². The monoisotopic (exact) mass is 440 g/mol. The fourth-order valence-electron chi connectivity index (χ4n) is 2.02. The molecule has 7 heteroatoms. The number of aromatic nitrogens is 1. The highest BCUT2D eigenvalue weighted by atomic mass is 79.9. The maximum Gasteiger partial charge on any atom is 0.263 e. The Morgan fingerprint density at radius 1 is 1.00 bits per heavy atom. The van der Waals surface area contributed by atoms with E-state index in [2.05, 4.69) is 41.6 Å². The number of benzene rings is 2. The third-order valence-electron chi connectivity index (χ3n) is 3.03. The van der Waals surface area contributed by atoms with E-state index in [0.717, 1.165) is 10.9 Å². The summed E-state index contributed by atoms with van der Waals surface area (Å²) in [6, 6.07) is 14.3. The van der Waals surface area contributed by atoms with Crippen LogP contribution in [0.1, 0.15) is 0 Å². The predicted octanol–water partition coefficient (Wildman–Crippen LogP) is 4.56. The lowest BCUT2D eigenvalue weighted by Crippen LogP contribution is -2.13. The second-order valence-electron chi connectivity index (χ2n) is 4.60. The number of halogens is 2. The van der Waals surface area contributed by atoms with Crippen molar-refractivity contribution in [3.05, 3.63) is 63.7 Å². The molecule has 0 amide bonds. The zero-order chi connectivity index (χ0) is 15.7. The van der Waals surface area contributed by atoms with Gasteiger partial charge in [0.05, 0.1) is 17.4 Å². The number of sulfonamides is 1. The van der Waals surface area contributed by atoms with Gasteiger partial charge in [-0.05, 0) is 46.3 Å². The van der Waals surface area contributed by atoms with Crippen LogP contribution in [0.15, 0.2) is 68.6 Å². The highest BCUT2D eigenvalue weighted by Crippen LogP contribution is 2.27. The second-order valence-corrected chi connectivity index (χ2v) is 8.02. The van der Waals surface area contributed by atoms with Gasteiger partial charge < -0.3 is 0 Å². The summed E-state index contributed by atoms with van der Waals surface area (Å²) in [5.41, 5.74) is 1.24. The lowest BCUT2D eigenvalue weighted by Gasteiger charge is -2.10. The van der Waals surface area contributed by atoms with Crippen LogP contribution in [-0.2, 0) is 10.0 Å². The number of pyridine rings is 1. The Bertz CT molecular complexity index is 959. The number of para-hydroxylation sites is 1. The molecule has 0 aliphatic rings. The number of hydrogen-bond acceptors (Lipinski definition) is 3. The summed E-state index contributed by atoms with van der Waals surface area (Å²) in [4.78, 5) is 4.41. The number of hydrogen-bond donors (Lipinski definition) is 1. The van der Waals surface area contributed by atoms with Crippen molar-refractivity contribution in [2.24, 2.45) is 0 Å². The third kappa shape index (κ3) is 3.16. The minimum atomic E-state index is -3.70. The number of nitrogens with one attached hydrogen (secondary N) is 1. The lowest BCUT2D eigenvalue weighted by atomic mass is 10.2. The number of nitrogens with zero attached hydrogens (tertiary/aromatic N) is 1. The fourth-order valence-corrected chi connectivity index (χ4v) is 4.56. The van der Waals surface area contributed by atoms with Crippen molar-refractivity contribution in [1.82, 2.24) is 4.98 Å². The molecule has 112 valence electrons. The molecule has 0 unspecified atom stereocenters. The molecular formula is C15H10Br2N2O2S. The predicted molar refractivity (Wildman–Crippen MR) is 94.4 cm³/mol. The summed E-state index contributed by atoms with van der Waals surface area (Å²) >= 11 is 6.55. The summed E-state index contributed by atoms with van der Waals surface area (Å²) in [6.07, 6.45) is 1.51. The van der Waals surface area contributed by atoms with E-state index in [1.54, 1.807) is 24.3 Å². The van der Waals surface area contributed by atoms with Gasteiger partial charge in [-0.15, -0.1) is 0 Å². The van der Waals surface area contributed by atoms with Gasteiger partial charge in [-0.1, -0.05) is 34.1 Å². The van der Waals surface area contributed by atoms with E-state index >= 15 is 0 Å². The average Bonchev–Trinajstić information content (AvgIpc) is 2.49. The highest BCUT2D eigenvalue weighted by molar-refractivity contribution is 9.11. The van der Waals surface area contributed by atoms with Crippen molar-refractivity contribution in [2.45, 2.75) is 4.90 Å². The number of fused-ring (bicyclic) bond motifs is 1. The second kappa shape index (κ2) is 5.98. The van der Waals surface area contributed by atoms with Crippen LogP contribution >= 0.6 is 31.9 Å². The van der Waals surface area contributed by atoms with Crippen LogP contribution < -0.4 is 4.72 Å². The van der Waals surface area contributed by atoms with Gasteiger partial charge in [0.1, 0.15) is 4.90 Å². The molecule has 0 atom stereocenters. The minimum absolute atomic E-state index is 0.162. The first-order valence-electron chi connectivity index (χ1n) is 6.28. The van der Waals surface area contributed by atoms with E-state index in [0.29, 0.717) is 14.6 Å². The van der Waals surface area contributed by atoms with Crippen LogP contribution in [0, 0.1) is 0 Å². The maximum atomic E-state index is 12.5. The maximum absolute atomic E-state index is 12.5. The standard InChI is InChI=1S/C15H10Br2N2O2S/c16-11-5-6-13(17)15(8-11)22(20,21)19-12-7-10-3-1-2-4-14(10)18-9-12/h1-9,19H. The Balaban J connectivity index is 2.01. The van der Waals surface area contributed by atoms with Crippen molar-refractivity contribution in [3.63, 3.8) is 0 Å². The Morgan fingerprint density at radius 3 is 2.59 bits per heavy atom. The average molecular weight is 442 g/mol. The summed E-state index contributed by atoms with van der Waals surface area (Å²) in [5.74, 6) is 0. The van der Waals surface area contributed by atoms with Crippen molar-refractivity contribution in [3.8, 4) is 0 Å². The summed E-state index contributed by atoms with van der Waals surface area (Å²) in [7, 11) is -3.70. The summed E-state index contributed by atoms with van der Waals surface area (Å²) in [6.45, 7) is 0. The fraction of sp³-hybridized carbons (Fsp3) is 0. The molecule has 1 heterocycles. The van der Waals surface area contributed by atoms with E-state index in [1.807, 2.05) is 24.3 Å². The van der Waals surface area contributed by atoms with Gasteiger partial charge in [0.2, 0.25) is 0 Å². The van der Waals surface area contributed by atoms with Crippen LogP contribution in [0.2, 0.25) is 0 Å². The number of rotatable bonds is 3. The molecule has 1 N–H and O–H groups in total. The largest absolute Gasteiger partial charge is 0.278 e. The van der Waals surface area contributed by atoms with Gasteiger partial charge in [-0.3, -0.25) is 9.71 Å². The highest BCUT2D eigenvalue weighted by Gasteiger charge is 2.18. The van der Waals surface area contributed by atoms with Gasteiger partial charge in [0.25, 0.3) is 10.0 Å². The zero-order valence-electron chi connectivity index (χ0n) is 11.1. The molecule has 0 saturated heterocycles. The van der Waals surface area contributed by atoms with Crippen LogP contribution in [-0.4, -0.2) is 13.4 Å². The molecule has 0 aliphatic heterocycles. The summed E-state index contributed by atoms with van der Waals surface area (Å²) < 4.78 is 28.8. The first-order chi connectivity index (χ1) is 10.5. The molecule has 0 fully saturated rings. The molecule has 4 nitrogen and oxygen atoms in total. The first kappa shape index (κ1) is 15.5. The molecule has 22 heavy (non-hydrogen) atoms. The van der Waals surface area contributed by atoms with Gasteiger partial charge in [0.15, 0.2) is 0 Å². The Kier molecular flexibility index (Phi) is 4.20. The quantitative estimate of drug-likeness (QED) is 0.647. The zero-order valence-corrected chi connectivity index (χ0v) is 15.1. The molecule has 0 radical (unpaired) electrons. The van der Waals surface area contributed by atoms with Gasteiger partial charge >= 0.3 is 0 Å². The molecule has 0 saturated carbocycles. The molecule has 1 aromatic heterocycles. The van der Waals surface area contributed by atoms with Gasteiger partial charge in [-0.25, -0.2) is 8.42 Å². The third-order valence-corrected chi connectivity index (χ3v) is 5.89. The molecular weight excluding hydrogens is 432 g/mol. The van der Waals surface area contributed by atoms with Crippen LogP contribution in [0.4, 0.5) is 5.69 Å². The van der Waals surface area contributed by atoms with Crippen molar-refractivity contribution >= 4 is 58.5 Å². The molecule has 0 spiro atoms. The normalized spacial score (nSPS) is 11.5. The Hall–Kier alpha value is -1.44. The molecule has 0 bridgehead atoms. The minimum Gasteiger partial charge on any atom is -0.278 e. The van der Waals surface area contributed by atoms with E-state index in [1.165, 1.54) is 6.20 Å². The van der Waals surface area contributed by atoms with Crippen LogP contribution in [0.25, 0.3) is 10.9 Å². The summed E-state index contributed by atoms with van der Waals surface area (Å²) in [5, 5.41) is 0.871. The van der Waals surface area contributed by atoms with Crippen LogP contribution in [0.5, 0.6) is 0 Å². The molecule has 2 aromatic carbocycles. The van der Waals surface area contributed by atoms with Crippen molar-refractivity contribution in [1.29, 1.82) is 0 Å². The van der Waals surface area contributed by atoms with E-state index < -0.39 is 10.0 Å². The van der Waals surface area contributed by atoms with Crippen molar-refractivity contribution < 1.29 is 8.42 Å². The molecule has 3 aromatic rings. The Morgan fingerprint density at radius 2 is 1.77 bits per heavy atom. The number of anilines is 1. The first-order valence-corrected chi connectivity index (χ1v) is 9.35. The smallest absolute Gasteiger partial charge is 0.263 e. The van der Waals surface area contributed by atoms with Crippen LogP contribution in [0.3, 0.4) is 0 Å². The van der Waals surface area contributed by atoms with E-state index in [-0.39, 0.29) is 4.90 Å². The molecule has 3 rings (SSSR count). The SMILES string of the molecule is O=S(=O)(Nc1cnc2ccccc2c1)c1cc(Br)ccc1Br. The van der Waals surface area contributed by atoms with E-state index in [9.17, 15) is 8.42 Å². The topological polar surface area (TPSA) is 59.1 Å². The lowest BCUT2D eigenvalue weighted by molar-refractivity contribution is 0.600. The molecule has 0 aliphatic carbocycles. The van der Waals surface area contributed by atoms with Crippen molar-refractivity contribution in [2.75, 3.05) is 4.72 Å².